The Morgan fingerprint density at radius 3 is 2.86 bits per heavy atom. The summed E-state index contributed by atoms with van der Waals surface area (Å²) in [6.07, 6.45) is 1.41. The van der Waals surface area contributed by atoms with E-state index in [0.29, 0.717) is 25.6 Å². The van der Waals surface area contributed by atoms with Crippen molar-refractivity contribution >= 4 is 17.6 Å². The van der Waals surface area contributed by atoms with Crippen molar-refractivity contribution in [3.63, 3.8) is 0 Å². The second-order valence-corrected chi connectivity index (χ2v) is 6.82. The Bertz CT molecular complexity index is 1020. The topological polar surface area (TPSA) is 101 Å². The van der Waals surface area contributed by atoms with Crippen molar-refractivity contribution in [2.75, 3.05) is 13.2 Å². The van der Waals surface area contributed by atoms with Gasteiger partial charge in [0.05, 0.1) is 18.7 Å². The molecule has 29 heavy (non-hydrogen) atoms. The SMILES string of the molecule is O=C(NCc1ccc(F)cc1F)C(=O)c1cn2c(c1O)C(=O)N1CCCOC1C2. The third kappa shape index (κ3) is 3.35. The third-order valence-corrected chi connectivity index (χ3v) is 4.97. The van der Waals surface area contributed by atoms with Crippen LogP contribution in [-0.2, 0) is 22.6 Å². The maximum atomic E-state index is 13.7. The lowest BCUT2D eigenvalue weighted by molar-refractivity contribution is -0.117. The molecule has 0 aliphatic carbocycles. The number of ether oxygens (including phenoxy) is 1. The number of benzene rings is 1. The van der Waals surface area contributed by atoms with Crippen molar-refractivity contribution in [2.45, 2.75) is 25.7 Å². The molecule has 152 valence electrons. The standard InChI is InChI=1S/C19H17F2N3O5/c20-11-3-2-10(13(21)6-11)7-22-18(27)17(26)12-8-23-9-14-24(4-1-5-29-14)19(28)15(23)16(12)25/h2-3,6,8,14,25H,1,4-5,7,9H2,(H,22,27). The molecule has 0 saturated carbocycles. The van der Waals surface area contributed by atoms with Crippen LogP contribution in [0, 0.1) is 11.6 Å². The Kier molecular flexibility index (Phi) is 4.79. The Labute approximate surface area is 163 Å². The number of amides is 2. The van der Waals surface area contributed by atoms with Crippen LogP contribution in [0.1, 0.15) is 32.8 Å². The zero-order chi connectivity index (χ0) is 20.7. The number of aromatic nitrogens is 1. The fraction of sp³-hybridized carbons (Fsp3) is 0.316. The van der Waals surface area contributed by atoms with Crippen molar-refractivity contribution in [3.8, 4) is 5.75 Å². The van der Waals surface area contributed by atoms with E-state index in [1.807, 2.05) is 0 Å². The molecule has 0 radical (unpaired) electrons. The number of Topliss-reactive ketones (excluding diaryl/α,β-unsaturated/α-hetero) is 1. The van der Waals surface area contributed by atoms with E-state index in [4.69, 9.17) is 4.74 Å². The fourth-order valence-electron chi connectivity index (χ4n) is 3.50. The molecule has 3 heterocycles. The molecule has 1 atom stereocenters. The zero-order valence-corrected chi connectivity index (χ0v) is 15.2. The summed E-state index contributed by atoms with van der Waals surface area (Å²) in [7, 11) is 0. The highest BCUT2D eigenvalue weighted by atomic mass is 19.1. The first-order chi connectivity index (χ1) is 13.9. The molecule has 2 aliphatic rings. The van der Waals surface area contributed by atoms with Crippen LogP contribution in [0.15, 0.2) is 24.4 Å². The molecule has 2 aromatic rings. The van der Waals surface area contributed by atoms with E-state index in [2.05, 4.69) is 5.32 Å². The van der Waals surface area contributed by atoms with Gasteiger partial charge in [-0.25, -0.2) is 8.78 Å². The summed E-state index contributed by atoms with van der Waals surface area (Å²) in [6.45, 7) is 0.865. The predicted molar refractivity (Wildman–Crippen MR) is 94.0 cm³/mol. The lowest BCUT2D eigenvalue weighted by Crippen LogP contribution is -2.52. The molecular weight excluding hydrogens is 388 g/mol. The summed E-state index contributed by atoms with van der Waals surface area (Å²) in [4.78, 5) is 38.8. The number of halogens is 2. The molecule has 10 heteroatoms. The minimum absolute atomic E-state index is 0.00264. The molecule has 1 unspecified atom stereocenters. The van der Waals surface area contributed by atoms with Gasteiger partial charge >= 0.3 is 0 Å². The van der Waals surface area contributed by atoms with Gasteiger partial charge in [-0.15, -0.1) is 0 Å². The minimum atomic E-state index is -1.09. The average molecular weight is 405 g/mol. The molecule has 0 spiro atoms. The molecule has 0 bridgehead atoms. The van der Waals surface area contributed by atoms with E-state index in [0.717, 1.165) is 12.1 Å². The molecule has 2 aliphatic heterocycles. The van der Waals surface area contributed by atoms with Crippen LogP contribution in [0.25, 0.3) is 0 Å². The number of carbonyl (C=O) groups is 3. The van der Waals surface area contributed by atoms with Gasteiger partial charge in [0.25, 0.3) is 17.6 Å². The number of nitrogens with one attached hydrogen (secondary N) is 1. The van der Waals surface area contributed by atoms with Crippen molar-refractivity contribution in [2.24, 2.45) is 0 Å². The zero-order valence-electron chi connectivity index (χ0n) is 15.2. The Balaban J connectivity index is 1.52. The van der Waals surface area contributed by atoms with Gasteiger partial charge in [0.1, 0.15) is 11.6 Å². The van der Waals surface area contributed by atoms with Crippen LogP contribution < -0.4 is 5.32 Å². The number of hydrogen-bond acceptors (Lipinski definition) is 5. The summed E-state index contributed by atoms with van der Waals surface area (Å²) < 4.78 is 33.5. The van der Waals surface area contributed by atoms with Gasteiger partial charge in [0.2, 0.25) is 0 Å². The van der Waals surface area contributed by atoms with Crippen LogP contribution >= 0.6 is 0 Å². The number of aromatic hydroxyl groups is 1. The van der Waals surface area contributed by atoms with E-state index in [1.165, 1.54) is 15.7 Å². The van der Waals surface area contributed by atoms with E-state index < -0.39 is 41.2 Å². The smallest absolute Gasteiger partial charge is 0.292 e. The van der Waals surface area contributed by atoms with Crippen LogP contribution in [0.2, 0.25) is 0 Å². The molecule has 1 saturated heterocycles. The van der Waals surface area contributed by atoms with E-state index in [9.17, 15) is 28.3 Å². The Morgan fingerprint density at radius 2 is 2.10 bits per heavy atom. The summed E-state index contributed by atoms with van der Waals surface area (Å²) in [6, 6.07) is 2.85. The number of ketones is 1. The van der Waals surface area contributed by atoms with Crippen molar-refractivity contribution in [1.29, 1.82) is 0 Å². The third-order valence-electron chi connectivity index (χ3n) is 4.97. The second-order valence-electron chi connectivity index (χ2n) is 6.82. The lowest BCUT2D eigenvalue weighted by Gasteiger charge is -2.39. The number of carbonyl (C=O) groups excluding carboxylic acids is 3. The summed E-state index contributed by atoms with van der Waals surface area (Å²) in [5.74, 6) is -4.84. The number of hydrogen-bond donors (Lipinski definition) is 2. The first-order valence-corrected chi connectivity index (χ1v) is 8.98. The van der Waals surface area contributed by atoms with Crippen LogP contribution in [-0.4, -0.2) is 51.6 Å². The van der Waals surface area contributed by atoms with Crippen molar-refractivity contribution in [3.05, 3.63) is 52.9 Å². The van der Waals surface area contributed by atoms with Crippen LogP contribution in [0.3, 0.4) is 0 Å². The van der Waals surface area contributed by atoms with Gasteiger partial charge in [-0.05, 0) is 12.5 Å². The molecule has 1 fully saturated rings. The highest BCUT2D eigenvalue weighted by Crippen LogP contribution is 2.32. The quantitative estimate of drug-likeness (QED) is 0.588. The van der Waals surface area contributed by atoms with Crippen LogP contribution in [0.4, 0.5) is 8.78 Å². The van der Waals surface area contributed by atoms with Gasteiger partial charge in [-0.2, -0.15) is 0 Å². The van der Waals surface area contributed by atoms with E-state index >= 15 is 0 Å². The second kappa shape index (κ2) is 7.28. The van der Waals surface area contributed by atoms with Gasteiger partial charge < -0.3 is 24.6 Å². The predicted octanol–water partition coefficient (Wildman–Crippen LogP) is 1.17. The average Bonchev–Trinajstić information content (AvgIpc) is 3.03. The summed E-state index contributed by atoms with van der Waals surface area (Å²) in [5.41, 5.74) is -0.407. The van der Waals surface area contributed by atoms with Gasteiger partial charge in [0, 0.05) is 30.9 Å². The summed E-state index contributed by atoms with van der Waals surface area (Å²) in [5, 5.41) is 12.6. The normalized spacial score (nSPS) is 18.2. The van der Waals surface area contributed by atoms with Crippen molar-refractivity contribution in [1.82, 2.24) is 14.8 Å². The molecule has 8 nitrogen and oxygen atoms in total. The lowest BCUT2D eigenvalue weighted by atomic mass is 10.1. The maximum absolute atomic E-state index is 13.7. The fourth-order valence-corrected chi connectivity index (χ4v) is 3.50. The number of nitrogens with zero attached hydrogens (tertiary/aromatic N) is 2. The maximum Gasteiger partial charge on any atom is 0.292 e. The van der Waals surface area contributed by atoms with E-state index in [1.54, 1.807) is 0 Å². The summed E-state index contributed by atoms with van der Waals surface area (Å²) >= 11 is 0. The number of rotatable bonds is 4. The van der Waals surface area contributed by atoms with E-state index in [-0.39, 0.29) is 29.9 Å². The molecule has 4 rings (SSSR count). The Hall–Kier alpha value is -3.27. The first kappa shape index (κ1) is 19.1. The highest BCUT2D eigenvalue weighted by molar-refractivity contribution is 6.43. The minimum Gasteiger partial charge on any atom is -0.505 e. The first-order valence-electron chi connectivity index (χ1n) is 8.98. The van der Waals surface area contributed by atoms with Gasteiger partial charge in [0.15, 0.2) is 17.7 Å². The Morgan fingerprint density at radius 1 is 1.31 bits per heavy atom. The highest BCUT2D eigenvalue weighted by Gasteiger charge is 2.39. The largest absolute Gasteiger partial charge is 0.505 e. The number of fused-ring (bicyclic) bond motifs is 2. The molecule has 1 aromatic carbocycles. The van der Waals surface area contributed by atoms with Gasteiger partial charge in [-0.3, -0.25) is 14.4 Å². The molecule has 2 N–H and O–H groups in total. The molecule has 1 aromatic heterocycles. The van der Waals surface area contributed by atoms with Crippen molar-refractivity contribution < 1.29 is 33.0 Å². The monoisotopic (exact) mass is 405 g/mol. The van der Waals surface area contributed by atoms with Crippen LogP contribution in [0.5, 0.6) is 5.75 Å². The van der Waals surface area contributed by atoms with Gasteiger partial charge in [-0.1, -0.05) is 6.07 Å². The molecule has 2 amide bonds. The molecular formula is C19H17F2N3O5.